The van der Waals surface area contributed by atoms with Gasteiger partial charge in [0.15, 0.2) is 9.84 Å². The molecule has 1 aromatic heterocycles. The largest absolute Gasteiger partial charge is 0.497 e. The molecule has 1 fully saturated rings. The molecule has 0 spiro atoms. The van der Waals surface area contributed by atoms with Crippen molar-refractivity contribution in [1.29, 1.82) is 0 Å². The molecule has 9 nitrogen and oxygen atoms in total. The molecular formula is C21H23N5O4S2. The molecule has 32 heavy (non-hydrogen) atoms. The van der Waals surface area contributed by atoms with Crippen molar-refractivity contribution in [3.8, 4) is 5.75 Å². The topological polar surface area (TPSA) is 107 Å². The van der Waals surface area contributed by atoms with Gasteiger partial charge in [-0.25, -0.2) is 13.1 Å². The first-order valence-electron chi connectivity index (χ1n) is 10.0. The van der Waals surface area contributed by atoms with E-state index in [1.54, 1.807) is 16.7 Å². The van der Waals surface area contributed by atoms with Gasteiger partial charge in [-0.15, -0.1) is 5.10 Å². The lowest BCUT2D eigenvalue weighted by molar-refractivity contribution is -0.116. The van der Waals surface area contributed by atoms with Gasteiger partial charge in [0.25, 0.3) is 0 Å². The number of hydrogen-bond acceptors (Lipinski definition) is 8. The van der Waals surface area contributed by atoms with Crippen LogP contribution in [0.2, 0.25) is 0 Å². The first kappa shape index (κ1) is 22.3. The molecule has 168 valence electrons. The molecule has 0 unspecified atom stereocenters. The molecule has 4 rings (SSSR count). The lowest BCUT2D eigenvalue weighted by atomic mass is 10.2. The van der Waals surface area contributed by atoms with Crippen LogP contribution in [0.15, 0.2) is 59.8 Å². The SMILES string of the molecule is COc1ccc(Cn2nnnc2SCC(=O)N(c2ccccc2)[C@@H]2CCS(=O)(=O)C2)cc1. The molecule has 0 aliphatic carbocycles. The third kappa shape index (κ3) is 5.28. The van der Waals surface area contributed by atoms with Gasteiger partial charge in [0.2, 0.25) is 11.1 Å². The Labute approximate surface area is 190 Å². The van der Waals surface area contributed by atoms with Gasteiger partial charge < -0.3 is 9.64 Å². The zero-order chi connectivity index (χ0) is 22.6. The Hall–Kier alpha value is -2.92. The lowest BCUT2D eigenvalue weighted by Gasteiger charge is -2.28. The number of para-hydroxylation sites is 1. The number of tetrazole rings is 1. The summed E-state index contributed by atoms with van der Waals surface area (Å²) < 4.78 is 30.9. The van der Waals surface area contributed by atoms with Crippen LogP contribution in [0.4, 0.5) is 5.69 Å². The zero-order valence-electron chi connectivity index (χ0n) is 17.5. The lowest BCUT2D eigenvalue weighted by Crippen LogP contribution is -2.42. The molecule has 1 aliphatic heterocycles. The maximum Gasteiger partial charge on any atom is 0.237 e. The number of benzene rings is 2. The summed E-state index contributed by atoms with van der Waals surface area (Å²) in [5.41, 5.74) is 1.69. The molecule has 3 aromatic rings. The standard InChI is InChI=1S/C21H23N5O4S2/c1-30-19-9-7-16(8-10-19)13-25-21(22-23-24-25)31-14-20(27)26(17-5-3-2-4-6-17)18-11-12-32(28,29)15-18/h2-10,18H,11-15H2,1H3/t18-/m1/s1. The Morgan fingerprint density at radius 3 is 2.59 bits per heavy atom. The quantitative estimate of drug-likeness (QED) is 0.458. The molecule has 2 heterocycles. The van der Waals surface area contributed by atoms with E-state index in [2.05, 4.69) is 15.5 Å². The van der Waals surface area contributed by atoms with Crippen LogP contribution in [-0.2, 0) is 21.2 Å². The highest BCUT2D eigenvalue weighted by Gasteiger charge is 2.35. The highest BCUT2D eigenvalue weighted by Crippen LogP contribution is 2.26. The number of sulfone groups is 1. The fourth-order valence-corrected chi connectivity index (χ4v) is 6.06. The van der Waals surface area contributed by atoms with Crippen molar-refractivity contribution in [1.82, 2.24) is 20.2 Å². The second kappa shape index (κ2) is 9.70. The second-order valence-corrected chi connectivity index (χ2v) is 10.6. The minimum Gasteiger partial charge on any atom is -0.497 e. The second-order valence-electron chi connectivity index (χ2n) is 7.41. The van der Waals surface area contributed by atoms with Crippen LogP contribution in [0, 0.1) is 0 Å². The van der Waals surface area contributed by atoms with E-state index in [1.807, 2.05) is 54.6 Å². The number of methoxy groups -OCH3 is 1. The number of rotatable bonds is 8. The maximum absolute atomic E-state index is 13.2. The normalized spacial score (nSPS) is 17.2. The predicted octanol–water partition coefficient (Wildman–Crippen LogP) is 2.04. The molecule has 1 atom stereocenters. The number of thioether (sulfide) groups is 1. The number of anilines is 1. The molecule has 11 heteroatoms. The molecule has 1 amide bonds. The summed E-state index contributed by atoms with van der Waals surface area (Å²) in [5, 5.41) is 12.3. The number of carbonyl (C=O) groups excluding carboxylic acids is 1. The smallest absolute Gasteiger partial charge is 0.237 e. The van der Waals surface area contributed by atoms with Crippen LogP contribution in [-0.4, -0.2) is 64.9 Å². The van der Waals surface area contributed by atoms with E-state index in [-0.39, 0.29) is 29.2 Å². The van der Waals surface area contributed by atoms with E-state index in [4.69, 9.17) is 4.74 Å². The fraction of sp³-hybridized carbons (Fsp3) is 0.333. The summed E-state index contributed by atoms with van der Waals surface area (Å²) in [5.74, 6) is 0.756. The fourth-order valence-electron chi connectivity index (χ4n) is 3.62. The van der Waals surface area contributed by atoms with Crippen LogP contribution in [0.25, 0.3) is 0 Å². The van der Waals surface area contributed by atoms with Crippen molar-refractivity contribution in [2.24, 2.45) is 0 Å². The number of ether oxygens (including phenoxy) is 1. The Morgan fingerprint density at radius 1 is 1.19 bits per heavy atom. The average Bonchev–Trinajstić information content (AvgIpc) is 3.39. The molecule has 2 aromatic carbocycles. The van der Waals surface area contributed by atoms with Crippen molar-refractivity contribution < 1.29 is 17.9 Å². The van der Waals surface area contributed by atoms with E-state index in [0.717, 1.165) is 11.3 Å². The third-order valence-electron chi connectivity index (χ3n) is 5.19. The summed E-state index contributed by atoms with van der Waals surface area (Å²) in [4.78, 5) is 14.8. The van der Waals surface area contributed by atoms with Crippen molar-refractivity contribution in [2.45, 2.75) is 24.2 Å². The van der Waals surface area contributed by atoms with Gasteiger partial charge in [0.1, 0.15) is 5.75 Å². The van der Waals surface area contributed by atoms with Crippen LogP contribution in [0.1, 0.15) is 12.0 Å². The monoisotopic (exact) mass is 473 g/mol. The Balaban J connectivity index is 1.46. The van der Waals surface area contributed by atoms with Crippen molar-refractivity contribution >= 4 is 33.2 Å². The third-order valence-corrected chi connectivity index (χ3v) is 7.88. The molecule has 0 N–H and O–H groups in total. The van der Waals surface area contributed by atoms with E-state index in [0.29, 0.717) is 23.8 Å². The Morgan fingerprint density at radius 2 is 1.94 bits per heavy atom. The minimum absolute atomic E-state index is 0.0203. The number of aromatic nitrogens is 4. The summed E-state index contributed by atoms with van der Waals surface area (Å²) in [7, 11) is -1.52. The summed E-state index contributed by atoms with van der Waals surface area (Å²) >= 11 is 1.23. The molecule has 1 aliphatic rings. The van der Waals surface area contributed by atoms with Gasteiger partial charge in [-0.05, 0) is 46.7 Å². The highest BCUT2D eigenvalue weighted by molar-refractivity contribution is 7.99. The Bertz CT molecular complexity index is 1170. The summed E-state index contributed by atoms with van der Waals surface area (Å²) in [6.45, 7) is 0.455. The summed E-state index contributed by atoms with van der Waals surface area (Å²) in [6, 6.07) is 16.4. The zero-order valence-corrected chi connectivity index (χ0v) is 19.1. The molecule has 0 saturated carbocycles. The number of nitrogens with zero attached hydrogens (tertiary/aromatic N) is 5. The van der Waals surface area contributed by atoms with Gasteiger partial charge >= 0.3 is 0 Å². The van der Waals surface area contributed by atoms with Crippen LogP contribution in [0.3, 0.4) is 0 Å². The van der Waals surface area contributed by atoms with E-state index in [9.17, 15) is 13.2 Å². The van der Waals surface area contributed by atoms with Crippen LogP contribution in [0.5, 0.6) is 5.75 Å². The van der Waals surface area contributed by atoms with Crippen molar-refractivity contribution in [2.75, 3.05) is 29.3 Å². The van der Waals surface area contributed by atoms with E-state index >= 15 is 0 Å². The molecule has 1 saturated heterocycles. The highest BCUT2D eigenvalue weighted by atomic mass is 32.2. The summed E-state index contributed by atoms with van der Waals surface area (Å²) in [6.07, 6.45) is 0.433. The number of amides is 1. The first-order chi connectivity index (χ1) is 15.4. The van der Waals surface area contributed by atoms with Gasteiger partial charge in [0.05, 0.1) is 37.0 Å². The van der Waals surface area contributed by atoms with Crippen LogP contribution >= 0.6 is 11.8 Å². The molecule has 0 radical (unpaired) electrons. The van der Waals surface area contributed by atoms with E-state index < -0.39 is 9.84 Å². The van der Waals surface area contributed by atoms with Gasteiger partial charge in [0, 0.05) is 5.69 Å². The number of hydrogen-bond donors (Lipinski definition) is 0. The number of carbonyl (C=O) groups is 1. The van der Waals surface area contributed by atoms with Gasteiger partial charge in [-0.1, -0.05) is 42.1 Å². The first-order valence-corrected chi connectivity index (χ1v) is 12.9. The Kier molecular flexibility index (Phi) is 6.75. The maximum atomic E-state index is 13.2. The van der Waals surface area contributed by atoms with E-state index in [1.165, 1.54) is 11.8 Å². The van der Waals surface area contributed by atoms with Crippen molar-refractivity contribution in [3.05, 3.63) is 60.2 Å². The van der Waals surface area contributed by atoms with Crippen LogP contribution < -0.4 is 9.64 Å². The minimum atomic E-state index is -3.13. The predicted molar refractivity (Wildman–Crippen MR) is 122 cm³/mol. The average molecular weight is 474 g/mol. The molecule has 0 bridgehead atoms. The van der Waals surface area contributed by atoms with Crippen molar-refractivity contribution in [3.63, 3.8) is 0 Å². The van der Waals surface area contributed by atoms with Gasteiger partial charge in [-0.3, -0.25) is 4.79 Å². The molecular weight excluding hydrogens is 450 g/mol. The van der Waals surface area contributed by atoms with Gasteiger partial charge in [-0.2, -0.15) is 0 Å².